The fourth-order valence-electron chi connectivity index (χ4n) is 2.62. The molecule has 1 fully saturated rings. The molecule has 1 aromatic rings. The van der Waals surface area contributed by atoms with Crippen molar-refractivity contribution in [2.24, 2.45) is 0 Å². The maximum Gasteiger partial charge on any atom is 0.327 e. The Morgan fingerprint density at radius 3 is 2.30 bits per heavy atom. The molecule has 0 radical (unpaired) electrons. The largest absolute Gasteiger partial charge is 0.346 e. The third-order valence-electron chi connectivity index (χ3n) is 3.96. The molecule has 1 saturated heterocycles. The smallest absolute Gasteiger partial charge is 0.327 e. The zero-order chi connectivity index (χ0) is 20.0. The maximum absolute atomic E-state index is 12.7. The first-order valence-electron chi connectivity index (χ1n) is 8.73. The van der Waals surface area contributed by atoms with Crippen molar-refractivity contribution < 1.29 is 22.8 Å². The number of carbonyl (C=O) groups is 3. The molecule has 27 heavy (non-hydrogen) atoms. The van der Waals surface area contributed by atoms with Gasteiger partial charge in [-0.15, -0.1) is 0 Å². The van der Waals surface area contributed by atoms with Gasteiger partial charge >= 0.3 is 11.8 Å². The zero-order valence-electron chi connectivity index (χ0n) is 15.3. The lowest BCUT2D eigenvalue weighted by Gasteiger charge is -2.26. The van der Waals surface area contributed by atoms with E-state index in [1.807, 2.05) is 5.43 Å². The molecule has 3 amide bonds. The highest BCUT2D eigenvalue weighted by molar-refractivity contribution is 7.89. The van der Waals surface area contributed by atoms with Gasteiger partial charge in [0.15, 0.2) is 0 Å². The second-order valence-corrected chi connectivity index (χ2v) is 8.47. The van der Waals surface area contributed by atoms with E-state index in [0.717, 1.165) is 19.3 Å². The molecule has 0 aliphatic carbocycles. The average molecular weight is 396 g/mol. The number of benzene rings is 1. The van der Waals surface area contributed by atoms with Gasteiger partial charge in [0.2, 0.25) is 10.0 Å². The van der Waals surface area contributed by atoms with Crippen LogP contribution in [0.5, 0.6) is 0 Å². The summed E-state index contributed by atoms with van der Waals surface area (Å²) in [5.74, 6) is -2.63. The molecule has 0 unspecified atom stereocenters. The molecule has 1 aliphatic rings. The predicted octanol–water partition coefficient (Wildman–Crippen LogP) is 0.147. The van der Waals surface area contributed by atoms with Gasteiger partial charge in [0.05, 0.1) is 4.90 Å². The predicted molar refractivity (Wildman–Crippen MR) is 97.9 cm³/mol. The molecule has 0 spiro atoms. The highest BCUT2D eigenvalue weighted by Gasteiger charge is 2.26. The first-order valence-corrected chi connectivity index (χ1v) is 10.2. The standard InChI is InChI=1S/C17H24N4O5S/c1-12(2)18-16(23)17(24)20-19-15(22)13-7-6-8-14(11-13)27(25,26)21-9-4-3-5-10-21/h6-8,11-12H,3-5,9-10H2,1-2H3,(H,18,23)(H,19,22)(H,20,24). The van der Waals surface area contributed by atoms with Crippen molar-refractivity contribution >= 4 is 27.7 Å². The molecule has 0 aromatic heterocycles. The van der Waals surface area contributed by atoms with Crippen molar-refractivity contribution in [2.75, 3.05) is 13.1 Å². The van der Waals surface area contributed by atoms with Gasteiger partial charge in [0.1, 0.15) is 0 Å². The van der Waals surface area contributed by atoms with Crippen molar-refractivity contribution in [3.63, 3.8) is 0 Å². The van der Waals surface area contributed by atoms with Crippen LogP contribution in [0.1, 0.15) is 43.5 Å². The minimum absolute atomic E-state index is 0.0147. The van der Waals surface area contributed by atoms with Crippen LogP contribution in [0.2, 0.25) is 0 Å². The zero-order valence-corrected chi connectivity index (χ0v) is 16.1. The lowest BCUT2D eigenvalue weighted by molar-refractivity contribution is -0.139. The second kappa shape index (κ2) is 8.96. The normalized spacial score (nSPS) is 15.2. The van der Waals surface area contributed by atoms with Crippen LogP contribution >= 0.6 is 0 Å². The number of hydrogen-bond donors (Lipinski definition) is 3. The summed E-state index contributed by atoms with van der Waals surface area (Å²) < 4.78 is 26.8. The summed E-state index contributed by atoms with van der Waals surface area (Å²) in [6, 6.07) is 5.33. The highest BCUT2D eigenvalue weighted by Crippen LogP contribution is 2.21. The van der Waals surface area contributed by atoms with Crippen molar-refractivity contribution in [1.82, 2.24) is 20.5 Å². The minimum atomic E-state index is -3.67. The third-order valence-corrected chi connectivity index (χ3v) is 5.86. The molecular formula is C17H24N4O5S. The van der Waals surface area contributed by atoms with Gasteiger partial charge in [0, 0.05) is 24.7 Å². The Kier molecular flexibility index (Phi) is 6.92. The Labute approximate surface area is 158 Å². The molecule has 9 nitrogen and oxygen atoms in total. The Morgan fingerprint density at radius 2 is 1.67 bits per heavy atom. The number of rotatable bonds is 4. The Morgan fingerprint density at radius 1 is 1.00 bits per heavy atom. The lowest BCUT2D eigenvalue weighted by atomic mass is 10.2. The van der Waals surface area contributed by atoms with Crippen LogP contribution in [0.15, 0.2) is 29.2 Å². The number of nitrogens with one attached hydrogen (secondary N) is 3. The number of piperidine rings is 1. The monoisotopic (exact) mass is 396 g/mol. The molecule has 2 rings (SSSR count). The van der Waals surface area contributed by atoms with Crippen LogP contribution in [0.25, 0.3) is 0 Å². The molecule has 3 N–H and O–H groups in total. The molecule has 1 aliphatic heterocycles. The van der Waals surface area contributed by atoms with Crippen LogP contribution in [-0.2, 0) is 19.6 Å². The molecular weight excluding hydrogens is 372 g/mol. The number of nitrogens with zero attached hydrogens (tertiary/aromatic N) is 1. The summed E-state index contributed by atoms with van der Waals surface area (Å²) in [4.78, 5) is 35.3. The van der Waals surface area contributed by atoms with Gasteiger partial charge in [-0.25, -0.2) is 8.42 Å². The van der Waals surface area contributed by atoms with Gasteiger partial charge in [-0.1, -0.05) is 12.5 Å². The summed E-state index contributed by atoms with van der Waals surface area (Å²) in [6.07, 6.45) is 2.62. The fraction of sp³-hybridized carbons (Fsp3) is 0.471. The van der Waals surface area contributed by atoms with E-state index in [0.29, 0.717) is 13.1 Å². The van der Waals surface area contributed by atoms with Crippen LogP contribution < -0.4 is 16.2 Å². The highest BCUT2D eigenvalue weighted by atomic mass is 32.2. The molecule has 10 heteroatoms. The quantitative estimate of drug-likeness (QED) is 0.493. The Balaban J connectivity index is 2.05. The van der Waals surface area contributed by atoms with E-state index in [2.05, 4.69) is 10.7 Å². The van der Waals surface area contributed by atoms with Crippen molar-refractivity contribution in [1.29, 1.82) is 0 Å². The number of amides is 3. The van der Waals surface area contributed by atoms with Crippen molar-refractivity contribution in [3.8, 4) is 0 Å². The van der Waals surface area contributed by atoms with E-state index in [1.54, 1.807) is 13.8 Å². The van der Waals surface area contributed by atoms with Gasteiger partial charge in [-0.3, -0.25) is 25.2 Å². The van der Waals surface area contributed by atoms with Gasteiger partial charge in [0.25, 0.3) is 5.91 Å². The van der Waals surface area contributed by atoms with Crippen LogP contribution in [0.4, 0.5) is 0 Å². The molecule has 1 heterocycles. The van der Waals surface area contributed by atoms with Crippen LogP contribution in [0.3, 0.4) is 0 Å². The van der Waals surface area contributed by atoms with E-state index in [4.69, 9.17) is 0 Å². The first kappa shape index (κ1) is 20.8. The van der Waals surface area contributed by atoms with E-state index >= 15 is 0 Å². The molecule has 148 valence electrons. The topological polar surface area (TPSA) is 125 Å². The van der Waals surface area contributed by atoms with E-state index in [-0.39, 0.29) is 16.5 Å². The Bertz CT molecular complexity index is 816. The van der Waals surface area contributed by atoms with E-state index < -0.39 is 27.7 Å². The first-order chi connectivity index (χ1) is 12.7. The number of hydrogen-bond acceptors (Lipinski definition) is 5. The second-order valence-electron chi connectivity index (χ2n) is 6.53. The molecule has 0 bridgehead atoms. The van der Waals surface area contributed by atoms with Gasteiger partial charge in [-0.2, -0.15) is 4.31 Å². The third kappa shape index (κ3) is 5.51. The van der Waals surface area contributed by atoms with Gasteiger partial charge < -0.3 is 5.32 Å². The van der Waals surface area contributed by atoms with Gasteiger partial charge in [-0.05, 0) is 44.9 Å². The summed E-state index contributed by atoms with van der Waals surface area (Å²) in [5, 5.41) is 2.38. The minimum Gasteiger partial charge on any atom is -0.346 e. The van der Waals surface area contributed by atoms with E-state index in [9.17, 15) is 22.8 Å². The number of carbonyl (C=O) groups excluding carboxylic acids is 3. The Hall–Kier alpha value is -2.46. The summed E-state index contributed by atoms with van der Waals surface area (Å²) in [7, 11) is -3.67. The maximum atomic E-state index is 12.7. The summed E-state index contributed by atoms with van der Waals surface area (Å²) in [6.45, 7) is 4.30. The van der Waals surface area contributed by atoms with Crippen molar-refractivity contribution in [3.05, 3.63) is 29.8 Å². The van der Waals surface area contributed by atoms with Crippen LogP contribution in [0, 0.1) is 0 Å². The van der Waals surface area contributed by atoms with Crippen LogP contribution in [-0.4, -0.2) is 49.6 Å². The summed E-state index contributed by atoms with van der Waals surface area (Å²) in [5.41, 5.74) is 4.15. The lowest BCUT2D eigenvalue weighted by Crippen LogP contribution is -2.49. The summed E-state index contributed by atoms with van der Waals surface area (Å²) >= 11 is 0. The SMILES string of the molecule is CC(C)NC(=O)C(=O)NNC(=O)c1cccc(S(=O)(=O)N2CCCCC2)c1. The number of sulfonamides is 1. The number of hydrazine groups is 1. The molecule has 1 aromatic carbocycles. The molecule has 0 saturated carbocycles. The molecule has 0 atom stereocenters. The fourth-order valence-corrected chi connectivity index (χ4v) is 4.19. The average Bonchev–Trinajstić information content (AvgIpc) is 2.66. The van der Waals surface area contributed by atoms with Crippen molar-refractivity contribution in [2.45, 2.75) is 44.0 Å². The van der Waals surface area contributed by atoms with E-state index in [1.165, 1.54) is 28.6 Å².